The van der Waals surface area contributed by atoms with Crippen molar-refractivity contribution in [3.8, 4) is 0 Å². The zero-order chi connectivity index (χ0) is 14.1. The summed E-state index contributed by atoms with van der Waals surface area (Å²) in [6, 6.07) is 0.861. The van der Waals surface area contributed by atoms with E-state index in [4.69, 9.17) is 0 Å². The maximum atomic E-state index is 11.7. The largest absolute Gasteiger partial charge is 0.354 e. The first-order valence-electron chi connectivity index (χ1n) is 6.99. The minimum atomic E-state index is 0.138. The lowest BCUT2D eigenvalue weighted by Crippen LogP contribution is -2.41. The lowest BCUT2D eigenvalue weighted by Gasteiger charge is -2.26. The molecule has 0 aromatic rings. The Hall–Kier alpha value is -0.610. The van der Waals surface area contributed by atoms with Crippen LogP contribution in [0, 0.1) is 5.92 Å². The highest BCUT2D eigenvalue weighted by Crippen LogP contribution is 2.08. The molecule has 0 bridgehead atoms. The topological polar surface area (TPSA) is 44.4 Å². The van der Waals surface area contributed by atoms with E-state index in [0.717, 1.165) is 19.5 Å². The number of likely N-dealkylation sites (N-methyl/N-ethyl adjacent to an activating group) is 1. The Kier molecular flexibility index (Phi) is 9.02. The standard InChI is InChI=1S/C14H31N3O/c1-11(2)9-13(17(5)6)10-16-14(18)7-8-15-12(3)4/h11-13,15H,7-10H2,1-6H3,(H,16,18). The molecule has 0 aliphatic rings. The predicted molar refractivity (Wildman–Crippen MR) is 77.7 cm³/mol. The summed E-state index contributed by atoms with van der Waals surface area (Å²) in [4.78, 5) is 13.9. The fraction of sp³-hybridized carbons (Fsp3) is 0.929. The minimum absolute atomic E-state index is 0.138. The molecule has 0 saturated heterocycles. The molecule has 18 heavy (non-hydrogen) atoms. The average molecular weight is 257 g/mol. The molecule has 0 spiro atoms. The Labute approximate surface area is 113 Å². The number of rotatable bonds is 9. The van der Waals surface area contributed by atoms with Gasteiger partial charge >= 0.3 is 0 Å². The van der Waals surface area contributed by atoms with E-state index >= 15 is 0 Å². The van der Waals surface area contributed by atoms with Crippen molar-refractivity contribution < 1.29 is 4.79 Å². The molecule has 0 aromatic heterocycles. The molecular formula is C14H31N3O. The zero-order valence-electron chi connectivity index (χ0n) is 12.9. The fourth-order valence-electron chi connectivity index (χ4n) is 1.82. The Bertz CT molecular complexity index is 227. The van der Waals surface area contributed by atoms with Crippen molar-refractivity contribution in [2.24, 2.45) is 5.92 Å². The molecule has 0 aliphatic carbocycles. The van der Waals surface area contributed by atoms with Gasteiger partial charge in [0.15, 0.2) is 0 Å². The minimum Gasteiger partial charge on any atom is -0.354 e. The second kappa shape index (κ2) is 9.34. The maximum absolute atomic E-state index is 11.7. The van der Waals surface area contributed by atoms with E-state index in [1.54, 1.807) is 0 Å². The summed E-state index contributed by atoms with van der Waals surface area (Å²) >= 11 is 0. The molecule has 1 atom stereocenters. The van der Waals surface area contributed by atoms with Gasteiger partial charge in [0.25, 0.3) is 0 Å². The zero-order valence-corrected chi connectivity index (χ0v) is 12.9. The van der Waals surface area contributed by atoms with Crippen LogP contribution in [0.3, 0.4) is 0 Å². The lowest BCUT2D eigenvalue weighted by molar-refractivity contribution is -0.121. The highest BCUT2D eigenvalue weighted by Gasteiger charge is 2.14. The number of nitrogens with zero attached hydrogens (tertiary/aromatic N) is 1. The normalized spacial score (nSPS) is 13.4. The smallest absolute Gasteiger partial charge is 0.221 e. The molecular weight excluding hydrogens is 226 g/mol. The molecule has 0 fully saturated rings. The highest BCUT2D eigenvalue weighted by atomic mass is 16.1. The molecule has 0 heterocycles. The summed E-state index contributed by atoms with van der Waals surface area (Å²) in [6.07, 6.45) is 1.66. The van der Waals surface area contributed by atoms with E-state index in [2.05, 4.69) is 57.3 Å². The molecule has 108 valence electrons. The summed E-state index contributed by atoms with van der Waals surface area (Å²) in [5.74, 6) is 0.788. The Morgan fingerprint density at radius 1 is 1.17 bits per heavy atom. The van der Waals surface area contributed by atoms with Gasteiger partial charge in [0.05, 0.1) is 0 Å². The van der Waals surface area contributed by atoms with Crippen molar-refractivity contribution in [3.05, 3.63) is 0 Å². The summed E-state index contributed by atoms with van der Waals surface area (Å²) in [7, 11) is 4.14. The van der Waals surface area contributed by atoms with Gasteiger partial charge in [-0.15, -0.1) is 0 Å². The molecule has 4 heteroatoms. The van der Waals surface area contributed by atoms with Crippen molar-refractivity contribution in [2.75, 3.05) is 27.2 Å². The van der Waals surface area contributed by atoms with Gasteiger partial charge in [0, 0.05) is 31.6 Å². The van der Waals surface area contributed by atoms with Gasteiger partial charge in [-0.1, -0.05) is 27.7 Å². The third-order valence-corrected chi connectivity index (χ3v) is 2.91. The van der Waals surface area contributed by atoms with Gasteiger partial charge in [-0.3, -0.25) is 4.79 Å². The Balaban J connectivity index is 3.85. The van der Waals surface area contributed by atoms with Gasteiger partial charge in [0.1, 0.15) is 0 Å². The SMILES string of the molecule is CC(C)CC(CNC(=O)CCNC(C)C)N(C)C. The summed E-state index contributed by atoms with van der Waals surface area (Å²) in [5, 5.41) is 6.27. The second-order valence-electron chi connectivity index (χ2n) is 5.91. The van der Waals surface area contributed by atoms with Crippen LogP contribution in [-0.2, 0) is 4.79 Å². The van der Waals surface area contributed by atoms with Crippen LogP contribution < -0.4 is 10.6 Å². The molecule has 0 saturated carbocycles. The fourth-order valence-corrected chi connectivity index (χ4v) is 1.82. The maximum Gasteiger partial charge on any atom is 0.221 e. The summed E-state index contributed by atoms with van der Waals surface area (Å²) < 4.78 is 0. The van der Waals surface area contributed by atoms with E-state index in [1.165, 1.54) is 0 Å². The van der Waals surface area contributed by atoms with E-state index in [9.17, 15) is 4.79 Å². The van der Waals surface area contributed by atoms with Crippen LogP contribution in [0.25, 0.3) is 0 Å². The van der Waals surface area contributed by atoms with Crippen molar-refractivity contribution in [1.82, 2.24) is 15.5 Å². The Morgan fingerprint density at radius 2 is 1.78 bits per heavy atom. The molecule has 0 rings (SSSR count). The number of nitrogens with one attached hydrogen (secondary N) is 2. The molecule has 1 amide bonds. The first-order chi connectivity index (χ1) is 8.32. The Morgan fingerprint density at radius 3 is 2.22 bits per heavy atom. The third kappa shape index (κ3) is 9.42. The van der Waals surface area contributed by atoms with Crippen molar-refractivity contribution in [3.63, 3.8) is 0 Å². The quantitative estimate of drug-likeness (QED) is 0.657. The number of carbonyl (C=O) groups excluding carboxylic acids is 1. The number of hydrogen-bond acceptors (Lipinski definition) is 3. The lowest BCUT2D eigenvalue weighted by atomic mass is 10.0. The first-order valence-corrected chi connectivity index (χ1v) is 6.99. The van der Waals surface area contributed by atoms with Crippen LogP contribution in [-0.4, -0.2) is 50.1 Å². The van der Waals surface area contributed by atoms with E-state index in [-0.39, 0.29) is 5.91 Å². The van der Waals surface area contributed by atoms with Crippen LogP contribution >= 0.6 is 0 Å². The van der Waals surface area contributed by atoms with Gasteiger partial charge in [-0.25, -0.2) is 0 Å². The molecule has 2 N–H and O–H groups in total. The summed E-state index contributed by atoms with van der Waals surface area (Å²) in [5.41, 5.74) is 0. The van der Waals surface area contributed by atoms with Gasteiger partial charge < -0.3 is 15.5 Å². The highest BCUT2D eigenvalue weighted by molar-refractivity contribution is 5.76. The van der Waals surface area contributed by atoms with Crippen LogP contribution in [0.2, 0.25) is 0 Å². The summed E-state index contributed by atoms with van der Waals surface area (Å²) in [6.45, 7) is 10.1. The molecule has 4 nitrogen and oxygen atoms in total. The van der Waals surface area contributed by atoms with Crippen LogP contribution in [0.15, 0.2) is 0 Å². The van der Waals surface area contributed by atoms with Crippen molar-refractivity contribution in [1.29, 1.82) is 0 Å². The monoisotopic (exact) mass is 257 g/mol. The first kappa shape index (κ1) is 17.4. The van der Waals surface area contributed by atoms with Crippen LogP contribution in [0.5, 0.6) is 0 Å². The molecule has 1 unspecified atom stereocenters. The van der Waals surface area contributed by atoms with E-state index < -0.39 is 0 Å². The average Bonchev–Trinajstić information content (AvgIpc) is 2.22. The second-order valence-corrected chi connectivity index (χ2v) is 5.91. The molecule has 0 radical (unpaired) electrons. The van der Waals surface area contributed by atoms with Crippen molar-refractivity contribution in [2.45, 2.75) is 52.6 Å². The number of carbonyl (C=O) groups is 1. The van der Waals surface area contributed by atoms with Gasteiger partial charge in [0.2, 0.25) is 5.91 Å². The van der Waals surface area contributed by atoms with E-state index in [1.807, 2.05) is 0 Å². The number of amides is 1. The third-order valence-electron chi connectivity index (χ3n) is 2.91. The van der Waals surface area contributed by atoms with E-state index in [0.29, 0.717) is 24.4 Å². The predicted octanol–water partition coefficient (Wildman–Crippen LogP) is 1.47. The molecule has 0 aliphatic heterocycles. The van der Waals surface area contributed by atoms with Crippen LogP contribution in [0.4, 0.5) is 0 Å². The molecule has 0 aromatic carbocycles. The number of hydrogen-bond donors (Lipinski definition) is 2. The van der Waals surface area contributed by atoms with Crippen molar-refractivity contribution >= 4 is 5.91 Å². The van der Waals surface area contributed by atoms with Gasteiger partial charge in [-0.05, 0) is 26.4 Å². The van der Waals surface area contributed by atoms with Crippen LogP contribution in [0.1, 0.15) is 40.5 Å². The van der Waals surface area contributed by atoms with Gasteiger partial charge in [-0.2, -0.15) is 0 Å².